The van der Waals surface area contributed by atoms with Crippen molar-refractivity contribution in [2.75, 3.05) is 6.54 Å². The van der Waals surface area contributed by atoms with Crippen LogP contribution in [0.5, 0.6) is 0 Å². The highest BCUT2D eigenvalue weighted by Crippen LogP contribution is 2.15. The molecular formula is C14H19BrN2O3. The van der Waals surface area contributed by atoms with E-state index in [1.165, 1.54) is 0 Å². The molecule has 3 N–H and O–H groups in total. The first-order chi connectivity index (χ1) is 9.40. The lowest BCUT2D eigenvalue weighted by molar-refractivity contribution is -0.120. The third-order valence-corrected chi connectivity index (χ3v) is 3.32. The third-order valence-electron chi connectivity index (χ3n) is 2.63. The zero-order valence-electron chi connectivity index (χ0n) is 11.5. The Morgan fingerprint density at radius 2 is 1.95 bits per heavy atom. The van der Waals surface area contributed by atoms with E-state index in [1.54, 1.807) is 32.0 Å². The number of hydrogen-bond donors (Lipinski definition) is 3. The summed E-state index contributed by atoms with van der Waals surface area (Å²) < 4.78 is 0.681. The average Bonchev–Trinajstić information content (AvgIpc) is 2.35. The molecule has 0 aliphatic heterocycles. The summed E-state index contributed by atoms with van der Waals surface area (Å²) in [7, 11) is 0. The first-order valence-electron chi connectivity index (χ1n) is 6.40. The quantitative estimate of drug-likeness (QED) is 0.732. The number of aliphatic hydroxyl groups is 1. The lowest BCUT2D eigenvalue weighted by Gasteiger charge is -2.15. The Kier molecular flexibility index (Phi) is 6.67. The molecule has 110 valence electrons. The van der Waals surface area contributed by atoms with Crippen molar-refractivity contribution in [3.8, 4) is 0 Å². The number of nitrogens with one attached hydrogen (secondary N) is 2. The van der Waals surface area contributed by atoms with Gasteiger partial charge in [-0.15, -0.1) is 0 Å². The Morgan fingerprint density at radius 1 is 1.30 bits per heavy atom. The second-order valence-corrected chi connectivity index (χ2v) is 5.57. The standard InChI is InChI=1S/C14H19BrN2O3/c1-9(7-10(2)18)17-13(19)8-16-14(20)11-5-3-4-6-12(11)15/h3-6,9-10,18H,7-8H2,1-2H3,(H,16,20)(H,17,19). The van der Waals surface area contributed by atoms with Crippen LogP contribution in [0.15, 0.2) is 28.7 Å². The molecule has 2 amide bonds. The molecule has 0 heterocycles. The molecule has 1 rings (SSSR count). The molecule has 2 unspecified atom stereocenters. The van der Waals surface area contributed by atoms with Crippen LogP contribution in [0.3, 0.4) is 0 Å². The topological polar surface area (TPSA) is 78.4 Å². The van der Waals surface area contributed by atoms with Gasteiger partial charge in [-0.25, -0.2) is 0 Å². The molecule has 0 saturated carbocycles. The molecule has 0 aliphatic rings. The van der Waals surface area contributed by atoms with Crippen LogP contribution in [0.25, 0.3) is 0 Å². The van der Waals surface area contributed by atoms with Crippen molar-refractivity contribution in [2.24, 2.45) is 0 Å². The zero-order chi connectivity index (χ0) is 15.1. The summed E-state index contributed by atoms with van der Waals surface area (Å²) in [5.74, 6) is -0.589. The molecule has 2 atom stereocenters. The van der Waals surface area contributed by atoms with Crippen LogP contribution in [0.4, 0.5) is 0 Å². The molecule has 0 aliphatic carbocycles. The number of rotatable bonds is 6. The summed E-state index contributed by atoms with van der Waals surface area (Å²) in [5.41, 5.74) is 0.484. The molecule has 0 bridgehead atoms. The molecule has 0 spiro atoms. The Labute approximate surface area is 126 Å². The lowest BCUT2D eigenvalue weighted by Crippen LogP contribution is -2.41. The van der Waals surface area contributed by atoms with Gasteiger partial charge in [0.05, 0.1) is 18.2 Å². The number of hydrogen-bond acceptors (Lipinski definition) is 3. The van der Waals surface area contributed by atoms with E-state index in [0.29, 0.717) is 16.5 Å². The van der Waals surface area contributed by atoms with E-state index in [-0.39, 0.29) is 24.4 Å². The fourth-order valence-corrected chi connectivity index (χ4v) is 2.26. The lowest BCUT2D eigenvalue weighted by atomic mass is 10.1. The smallest absolute Gasteiger partial charge is 0.252 e. The molecule has 5 nitrogen and oxygen atoms in total. The number of carbonyl (C=O) groups is 2. The Bertz CT molecular complexity index is 477. The molecule has 0 fully saturated rings. The molecular weight excluding hydrogens is 324 g/mol. The summed E-state index contributed by atoms with van der Waals surface area (Å²) in [6, 6.07) is 6.87. The SMILES string of the molecule is CC(O)CC(C)NC(=O)CNC(=O)c1ccccc1Br. The predicted molar refractivity (Wildman–Crippen MR) is 80.4 cm³/mol. The molecule has 0 radical (unpaired) electrons. The van der Waals surface area contributed by atoms with E-state index in [4.69, 9.17) is 0 Å². The largest absolute Gasteiger partial charge is 0.393 e. The predicted octanol–water partition coefficient (Wildman–Crippen LogP) is 1.45. The molecule has 1 aromatic carbocycles. The summed E-state index contributed by atoms with van der Waals surface area (Å²) in [5, 5.41) is 14.5. The number of carbonyl (C=O) groups excluding carboxylic acids is 2. The second kappa shape index (κ2) is 8.01. The third kappa shape index (κ3) is 5.71. The highest BCUT2D eigenvalue weighted by atomic mass is 79.9. The molecule has 6 heteroatoms. The van der Waals surface area contributed by atoms with Crippen LogP contribution < -0.4 is 10.6 Å². The normalized spacial score (nSPS) is 13.4. The second-order valence-electron chi connectivity index (χ2n) is 4.72. The van der Waals surface area contributed by atoms with E-state index in [2.05, 4.69) is 26.6 Å². The van der Waals surface area contributed by atoms with Gasteiger partial charge in [0.1, 0.15) is 0 Å². The van der Waals surface area contributed by atoms with E-state index in [1.807, 2.05) is 6.07 Å². The minimum absolute atomic E-state index is 0.0929. The van der Waals surface area contributed by atoms with Gasteiger partial charge in [-0.1, -0.05) is 12.1 Å². The van der Waals surface area contributed by atoms with E-state index >= 15 is 0 Å². The highest BCUT2D eigenvalue weighted by Gasteiger charge is 2.13. The van der Waals surface area contributed by atoms with Crippen molar-refractivity contribution < 1.29 is 14.7 Å². The van der Waals surface area contributed by atoms with Crippen LogP contribution >= 0.6 is 15.9 Å². The van der Waals surface area contributed by atoms with Gasteiger partial charge in [0.25, 0.3) is 5.91 Å². The van der Waals surface area contributed by atoms with Gasteiger partial charge < -0.3 is 15.7 Å². The van der Waals surface area contributed by atoms with Gasteiger partial charge >= 0.3 is 0 Å². The fourth-order valence-electron chi connectivity index (χ4n) is 1.80. The Hall–Kier alpha value is -1.40. The van der Waals surface area contributed by atoms with Crippen molar-refractivity contribution in [3.63, 3.8) is 0 Å². The summed E-state index contributed by atoms with van der Waals surface area (Å²) in [6.45, 7) is 3.38. The maximum atomic E-state index is 11.9. The van der Waals surface area contributed by atoms with Crippen molar-refractivity contribution in [3.05, 3.63) is 34.3 Å². The molecule has 1 aromatic rings. The van der Waals surface area contributed by atoms with Crippen LogP contribution in [0.2, 0.25) is 0 Å². The number of aliphatic hydroxyl groups excluding tert-OH is 1. The molecule has 0 saturated heterocycles. The Morgan fingerprint density at radius 3 is 2.55 bits per heavy atom. The zero-order valence-corrected chi connectivity index (χ0v) is 13.1. The van der Waals surface area contributed by atoms with Crippen LogP contribution in [0, 0.1) is 0 Å². The number of benzene rings is 1. The van der Waals surface area contributed by atoms with Crippen LogP contribution in [0.1, 0.15) is 30.6 Å². The average molecular weight is 343 g/mol. The first kappa shape index (κ1) is 16.7. The first-order valence-corrected chi connectivity index (χ1v) is 7.19. The van der Waals surface area contributed by atoms with Crippen LogP contribution in [-0.2, 0) is 4.79 Å². The Balaban J connectivity index is 2.41. The van der Waals surface area contributed by atoms with E-state index in [9.17, 15) is 14.7 Å². The summed E-state index contributed by atoms with van der Waals surface area (Å²) in [6.07, 6.45) is 0.00404. The van der Waals surface area contributed by atoms with E-state index in [0.717, 1.165) is 0 Å². The number of amides is 2. The minimum atomic E-state index is -0.472. The van der Waals surface area contributed by atoms with Gasteiger partial charge in [0, 0.05) is 10.5 Å². The van der Waals surface area contributed by atoms with Gasteiger partial charge in [-0.05, 0) is 48.3 Å². The van der Waals surface area contributed by atoms with Crippen molar-refractivity contribution >= 4 is 27.7 Å². The fraction of sp³-hybridized carbons (Fsp3) is 0.429. The highest BCUT2D eigenvalue weighted by molar-refractivity contribution is 9.10. The maximum absolute atomic E-state index is 11.9. The van der Waals surface area contributed by atoms with Crippen LogP contribution in [-0.4, -0.2) is 35.6 Å². The summed E-state index contributed by atoms with van der Waals surface area (Å²) in [4.78, 5) is 23.5. The van der Waals surface area contributed by atoms with Gasteiger partial charge in [0.15, 0.2) is 0 Å². The van der Waals surface area contributed by atoms with Crippen molar-refractivity contribution in [2.45, 2.75) is 32.4 Å². The van der Waals surface area contributed by atoms with E-state index < -0.39 is 6.10 Å². The molecule has 0 aromatic heterocycles. The number of halogens is 1. The van der Waals surface area contributed by atoms with Crippen molar-refractivity contribution in [1.82, 2.24) is 10.6 Å². The van der Waals surface area contributed by atoms with Gasteiger partial charge in [0.2, 0.25) is 5.91 Å². The molecule has 20 heavy (non-hydrogen) atoms. The maximum Gasteiger partial charge on any atom is 0.252 e. The van der Waals surface area contributed by atoms with Gasteiger partial charge in [-0.2, -0.15) is 0 Å². The monoisotopic (exact) mass is 342 g/mol. The van der Waals surface area contributed by atoms with Crippen molar-refractivity contribution in [1.29, 1.82) is 0 Å². The summed E-state index contributed by atoms with van der Waals surface area (Å²) >= 11 is 3.28. The minimum Gasteiger partial charge on any atom is -0.393 e. The van der Waals surface area contributed by atoms with Gasteiger partial charge in [-0.3, -0.25) is 9.59 Å².